The summed E-state index contributed by atoms with van der Waals surface area (Å²) in [5.41, 5.74) is 1.00. The summed E-state index contributed by atoms with van der Waals surface area (Å²) < 4.78 is 32.3. The Hall–Kier alpha value is -2.49. The van der Waals surface area contributed by atoms with Crippen LogP contribution in [0.15, 0.2) is 53.4 Å². The van der Waals surface area contributed by atoms with E-state index in [0.29, 0.717) is 30.1 Å². The molecule has 0 unspecified atom stereocenters. The summed E-state index contributed by atoms with van der Waals surface area (Å²) in [5.74, 6) is 0.237. The van der Waals surface area contributed by atoms with Crippen molar-refractivity contribution in [2.75, 3.05) is 18.4 Å². The van der Waals surface area contributed by atoms with Gasteiger partial charge >= 0.3 is 0 Å². The first kappa shape index (κ1) is 22.2. The van der Waals surface area contributed by atoms with Gasteiger partial charge in [0.2, 0.25) is 10.0 Å². The molecule has 1 amide bonds. The number of thiocarbonyl (C=S) groups is 1. The fourth-order valence-electron chi connectivity index (χ4n) is 3.11. The Balaban J connectivity index is 1.60. The van der Waals surface area contributed by atoms with Crippen molar-refractivity contribution in [1.82, 2.24) is 9.62 Å². The minimum Gasteiger partial charge on any atom is -0.491 e. The lowest BCUT2D eigenvalue weighted by atomic mass is 10.2. The van der Waals surface area contributed by atoms with Crippen LogP contribution in [-0.2, 0) is 10.0 Å². The predicted octanol–water partition coefficient (Wildman–Crippen LogP) is 3.39. The number of rotatable bonds is 6. The molecule has 9 heteroatoms. The second-order valence-corrected chi connectivity index (χ2v) is 9.58. The van der Waals surface area contributed by atoms with Gasteiger partial charge < -0.3 is 10.1 Å². The van der Waals surface area contributed by atoms with Gasteiger partial charge in [-0.05, 0) is 81.4 Å². The Morgan fingerprint density at radius 1 is 1.10 bits per heavy atom. The van der Waals surface area contributed by atoms with Crippen molar-refractivity contribution in [1.29, 1.82) is 0 Å². The number of hydrogen-bond donors (Lipinski definition) is 2. The van der Waals surface area contributed by atoms with E-state index in [9.17, 15) is 13.2 Å². The molecule has 0 saturated carbocycles. The van der Waals surface area contributed by atoms with E-state index < -0.39 is 10.0 Å². The normalized spacial score (nSPS) is 14.5. The van der Waals surface area contributed by atoms with Crippen LogP contribution in [0, 0.1) is 0 Å². The molecule has 30 heavy (non-hydrogen) atoms. The van der Waals surface area contributed by atoms with Crippen LogP contribution >= 0.6 is 12.2 Å². The molecular formula is C21H25N3O4S2. The van der Waals surface area contributed by atoms with E-state index in [1.807, 2.05) is 13.8 Å². The highest BCUT2D eigenvalue weighted by Crippen LogP contribution is 2.22. The zero-order chi connectivity index (χ0) is 21.7. The van der Waals surface area contributed by atoms with Gasteiger partial charge in [-0.2, -0.15) is 4.31 Å². The van der Waals surface area contributed by atoms with Crippen molar-refractivity contribution in [2.24, 2.45) is 0 Å². The third-order valence-electron chi connectivity index (χ3n) is 4.51. The van der Waals surface area contributed by atoms with E-state index >= 15 is 0 Å². The van der Waals surface area contributed by atoms with E-state index in [4.69, 9.17) is 17.0 Å². The zero-order valence-electron chi connectivity index (χ0n) is 16.9. The second-order valence-electron chi connectivity index (χ2n) is 7.24. The van der Waals surface area contributed by atoms with Crippen LogP contribution in [0.2, 0.25) is 0 Å². The molecule has 1 fully saturated rings. The monoisotopic (exact) mass is 447 g/mol. The fraction of sp³-hybridized carbons (Fsp3) is 0.333. The number of nitrogens with zero attached hydrogens (tertiary/aromatic N) is 1. The Morgan fingerprint density at radius 2 is 1.77 bits per heavy atom. The van der Waals surface area contributed by atoms with Crippen LogP contribution in [0.5, 0.6) is 5.75 Å². The average Bonchev–Trinajstić information content (AvgIpc) is 3.24. The maximum absolute atomic E-state index is 12.6. The predicted molar refractivity (Wildman–Crippen MR) is 120 cm³/mol. The van der Waals surface area contributed by atoms with E-state index in [0.717, 1.165) is 12.8 Å². The molecule has 0 aromatic heterocycles. The fourth-order valence-corrected chi connectivity index (χ4v) is 4.84. The van der Waals surface area contributed by atoms with Crippen LogP contribution in [0.25, 0.3) is 0 Å². The highest BCUT2D eigenvalue weighted by atomic mass is 32.2. The molecule has 1 saturated heterocycles. The quantitative estimate of drug-likeness (QED) is 0.660. The van der Waals surface area contributed by atoms with Gasteiger partial charge in [0.25, 0.3) is 5.91 Å². The molecule has 160 valence electrons. The van der Waals surface area contributed by atoms with Crippen molar-refractivity contribution < 1.29 is 17.9 Å². The first-order valence-electron chi connectivity index (χ1n) is 9.75. The molecule has 2 aromatic carbocycles. The molecule has 7 nitrogen and oxygen atoms in total. The summed E-state index contributed by atoms with van der Waals surface area (Å²) in [6.45, 7) is 4.94. The molecule has 0 aliphatic carbocycles. The van der Waals surface area contributed by atoms with Crippen molar-refractivity contribution >= 4 is 38.9 Å². The Morgan fingerprint density at radius 3 is 2.40 bits per heavy atom. The molecule has 2 N–H and O–H groups in total. The third kappa shape index (κ3) is 5.56. The lowest BCUT2D eigenvalue weighted by Crippen LogP contribution is -2.34. The second kappa shape index (κ2) is 9.55. The first-order valence-corrected chi connectivity index (χ1v) is 11.6. The summed E-state index contributed by atoms with van der Waals surface area (Å²) in [4.78, 5) is 12.7. The van der Waals surface area contributed by atoms with Crippen LogP contribution in [0.3, 0.4) is 0 Å². The number of nitrogens with one attached hydrogen (secondary N) is 2. The summed E-state index contributed by atoms with van der Waals surface area (Å²) >= 11 is 5.21. The van der Waals surface area contributed by atoms with Gasteiger partial charge in [-0.1, -0.05) is 6.07 Å². The van der Waals surface area contributed by atoms with Gasteiger partial charge in [0, 0.05) is 24.3 Å². The molecule has 0 spiro atoms. The lowest BCUT2D eigenvalue weighted by Gasteiger charge is -2.16. The number of anilines is 1. The summed E-state index contributed by atoms with van der Waals surface area (Å²) in [6.07, 6.45) is 1.78. The highest BCUT2D eigenvalue weighted by molar-refractivity contribution is 7.89. The summed E-state index contributed by atoms with van der Waals surface area (Å²) in [6, 6.07) is 13.2. The number of amides is 1. The number of hydrogen-bond acceptors (Lipinski definition) is 5. The van der Waals surface area contributed by atoms with Gasteiger partial charge in [0.15, 0.2) is 5.11 Å². The van der Waals surface area contributed by atoms with Crippen molar-refractivity contribution in [2.45, 2.75) is 37.7 Å². The number of carbonyl (C=O) groups is 1. The Kier molecular flexibility index (Phi) is 7.06. The van der Waals surface area contributed by atoms with Crippen LogP contribution < -0.4 is 15.4 Å². The molecule has 0 radical (unpaired) electrons. The van der Waals surface area contributed by atoms with Crippen molar-refractivity contribution in [3.63, 3.8) is 0 Å². The Bertz CT molecular complexity index is 1010. The highest BCUT2D eigenvalue weighted by Gasteiger charge is 2.26. The first-order chi connectivity index (χ1) is 14.3. The number of benzene rings is 2. The number of carbonyl (C=O) groups excluding carboxylic acids is 1. The molecule has 0 bridgehead atoms. The molecule has 1 heterocycles. The van der Waals surface area contributed by atoms with Gasteiger partial charge in [0.05, 0.1) is 11.0 Å². The lowest BCUT2D eigenvalue weighted by molar-refractivity contribution is 0.0977. The largest absolute Gasteiger partial charge is 0.491 e. The zero-order valence-corrected chi connectivity index (χ0v) is 18.6. The minimum atomic E-state index is -3.46. The third-order valence-corrected chi connectivity index (χ3v) is 6.63. The van der Waals surface area contributed by atoms with E-state index in [-0.39, 0.29) is 22.0 Å². The molecule has 2 aromatic rings. The SMILES string of the molecule is CC(C)Oc1cccc(C(=O)NC(=S)Nc2ccc(S(=O)(=O)N3CCCC3)cc2)c1. The van der Waals surface area contributed by atoms with Gasteiger partial charge in [-0.25, -0.2) is 8.42 Å². The summed E-state index contributed by atoms with van der Waals surface area (Å²) in [7, 11) is -3.46. The van der Waals surface area contributed by atoms with E-state index in [1.165, 1.54) is 16.4 Å². The van der Waals surface area contributed by atoms with Gasteiger partial charge in [-0.15, -0.1) is 0 Å². The molecule has 3 rings (SSSR count). The smallest absolute Gasteiger partial charge is 0.257 e. The van der Waals surface area contributed by atoms with Crippen LogP contribution in [0.4, 0.5) is 5.69 Å². The maximum atomic E-state index is 12.6. The molecule has 1 aliphatic rings. The van der Waals surface area contributed by atoms with Crippen LogP contribution in [0.1, 0.15) is 37.0 Å². The topological polar surface area (TPSA) is 87.7 Å². The number of sulfonamides is 1. The Labute approximate surface area is 182 Å². The van der Waals surface area contributed by atoms with Gasteiger partial charge in [-0.3, -0.25) is 10.1 Å². The average molecular weight is 448 g/mol. The molecule has 0 atom stereocenters. The van der Waals surface area contributed by atoms with E-state index in [1.54, 1.807) is 36.4 Å². The van der Waals surface area contributed by atoms with E-state index in [2.05, 4.69) is 10.6 Å². The maximum Gasteiger partial charge on any atom is 0.257 e. The van der Waals surface area contributed by atoms with Crippen LogP contribution in [-0.4, -0.2) is 42.9 Å². The van der Waals surface area contributed by atoms with Crippen molar-refractivity contribution in [3.8, 4) is 5.75 Å². The van der Waals surface area contributed by atoms with Gasteiger partial charge in [0.1, 0.15) is 5.75 Å². The number of ether oxygens (including phenoxy) is 1. The summed E-state index contributed by atoms with van der Waals surface area (Å²) in [5, 5.41) is 5.63. The van der Waals surface area contributed by atoms with Crippen molar-refractivity contribution in [3.05, 3.63) is 54.1 Å². The standard InChI is InChI=1S/C21H25N3O4S2/c1-15(2)28-18-7-5-6-16(14-18)20(25)23-21(29)22-17-8-10-19(11-9-17)30(26,27)24-12-3-4-13-24/h5-11,14-15H,3-4,12-13H2,1-2H3,(H2,22,23,25,29). The molecule has 1 aliphatic heterocycles. The molecular weight excluding hydrogens is 422 g/mol. The minimum absolute atomic E-state index is 0.00306.